The summed E-state index contributed by atoms with van der Waals surface area (Å²) in [6, 6.07) is 8.48. The molecule has 0 aliphatic heterocycles. The second kappa shape index (κ2) is 12.3. The third-order valence-electron chi connectivity index (χ3n) is 7.92. The van der Waals surface area contributed by atoms with Gasteiger partial charge in [-0.1, -0.05) is 94.9 Å². The predicted molar refractivity (Wildman–Crippen MR) is 124 cm³/mol. The van der Waals surface area contributed by atoms with Crippen LogP contribution in [-0.4, -0.2) is 0 Å². The zero-order valence-corrected chi connectivity index (χ0v) is 19.1. The number of aryl methyl sites for hydroxylation is 1. The van der Waals surface area contributed by atoms with E-state index in [4.69, 9.17) is 11.6 Å². The lowest BCUT2D eigenvalue weighted by Crippen LogP contribution is -2.26. The molecule has 0 aromatic heterocycles. The van der Waals surface area contributed by atoms with Gasteiger partial charge in [-0.3, -0.25) is 0 Å². The summed E-state index contributed by atoms with van der Waals surface area (Å²) in [6.07, 6.45) is 23.5. The Kier molecular flexibility index (Phi) is 9.72. The van der Waals surface area contributed by atoms with Gasteiger partial charge < -0.3 is 0 Å². The molecule has 0 spiro atoms. The molecule has 0 atom stereocenters. The minimum atomic E-state index is 0.857. The molecule has 0 radical (unpaired) electrons. The number of halogens is 1. The highest BCUT2D eigenvalue weighted by Crippen LogP contribution is 2.43. The molecule has 2 aliphatic carbocycles. The van der Waals surface area contributed by atoms with Crippen LogP contribution in [0.3, 0.4) is 0 Å². The zero-order valence-electron chi connectivity index (χ0n) is 18.3. The van der Waals surface area contributed by atoms with E-state index in [1.54, 1.807) is 12.8 Å². The maximum atomic E-state index is 6.00. The van der Waals surface area contributed by atoms with Crippen molar-refractivity contribution >= 4 is 11.6 Å². The zero-order chi connectivity index (χ0) is 19.6. The summed E-state index contributed by atoms with van der Waals surface area (Å²) in [7, 11) is 0. The number of hydrogen-bond acceptors (Lipinski definition) is 0. The molecule has 0 nitrogen and oxygen atoms in total. The van der Waals surface area contributed by atoms with Crippen molar-refractivity contribution in [2.24, 2.45) is 23.7 Å². The summed E-state index contributed by atoms with van der Waals surface area (Å²) in [5.41, 5.74) is 1.46. The van der Waals surface area contributed by atoms with Crippen molar-refractivity contribution in [2.75, 3.05) is 0 Å². The van der Waals surface area contributed by atoms with E-state index in [1.807, 2.05) is 12.1 Å². The first-order chi connectivity index (χ1) is 13.7. The summed E-state index contributed by atoms with van der Waals surface area (Å²) in [5.74, 6) is 4.14. The van der Waals surface area contributed by atoms with Crippen LogP contribution in [0.25, 0.3) is 0 Å². The highest BCUT2D eigenvalue weighted by molar-refractivity contribution is 6.30. The third kappa shape index (κ3) is 7.40. The molecule has 0 heterocycles. The van der Waals surface area contributed by atoms with Gasteiger partial charge in [-0.15, -0.1) is 0 Å². The van der Waals surface area contributed by atoms with E-state index in [1.165, 1.54) is 95.5 Å². The average molecular weight is 403 g/mol. The van der Waals surface area contributed by atoms with Gasteiger partial charge in [0.05, 0.1) is 0 Å². The van der Waals surface area contributed by atoms with Crippen molar-refractivity contribution in [3.63, 3.8) is 0 Å². The number of rotatable bonds is 10. The van der Waals surface area contributed by atoms with Gasteiger partial charge in [0, 0.05) is 5.02 Å². The summed E-state index contributed by atoms with van der Waals surface area (Å²) in [4.78, 5) is 0. The highest BCUT2D eigenvalue weighted by atomic mass is 35.5. The monoisotopic (exact) mass is 402 g/mol. The van der Waals surface area contributed by atoms with Crippen LogP contribution in [0.1, 0.15) is 109 Å². The number of benzene rings is 1. The van der Waals surface area contributed by atoms with Crippen molar-refractivity contribution in [3.05, 3.63) is 34.9 Å². The fourth-order valence-electron chi connectivity index (χ4n) is 5.96. The molecule has 2 fully saturated rings. The van der Waals surface area contributed by atoms with Crippen molar-refractivity contribution in [1.82, 2.24) is 0 Å². The lowest BCUT2D eigenvalue weighted by Gasteiger charge is -2.38. The Morgan fingerprint density at radius 2 is 1.21 bits per heavy atom. The van der Waals surface area contributed by atoms with Gasteiger partial charge >= 0.3 is 0 Å². The first-order valence-electron chi connectivity index (χ1n) is 12.5. The molecule has 1 aromatic carbocycles. The normalized spacial score (nSPS) is 28.4. The molecule has 0 bridgehead atoms. The van der Waals surface area contributed by atoms with E-state index in [-0.39, 0.29) is 0 Å². The second-order valence-corrected chi connectivity index (χ2v) is 10.4. The summed E-state index contributed by atoms with van der Waals surface area (Å²) in [5, 5.41) is 0.857. The highest BCUT2D eigenvalue weighted by Gasteiger charge is 2.30. The molecule has 158 valence electrons. The van der Waals surface area contributed by atoms with Crippen LogP contribution in [0, 0.1) is 23.7 Å². The lowest BCUT2D eigenvalue weighted by atomic mass is 9.68. The van der Waals surface area contributed by atoms with Crippen LogP contribution < -0.4 is 0 Å². The molecule has 0 unspecified atom stereocenters. The molecular formula is C27H43Cl. The number of hydrogen-bond donors (Lipinski definition) is 0. The largest absolute Gasteiger partial charge is 0.0843 e. The van der Waals surface area contributed by atoms with Gasteiger partial charge in [0.2, 0.25) is 0 Å². The minimum absolute atomic E-state index is 0.857. The maximum absolute atomic E-state index is 6.00. The van der Waals surface area contributed by atoms with Crippen LogP contribution in [-0.2, 0) is 6.42 Å². The van der Waals surface area contributed by atoms with E-state index in [2.05, 4.69) is 19.1 Å². The fraction of sp³-hybridized carbons (Fsp3) is 0.778. The van der Waals surface area contributed by atoms with E-state index in [0.717, 1.165) is 28.7 Å². The van der Waals surface area contributed by atoms with Crippen molar-refractivity contribution < 1.29 is 0 Å². The molecule has 0 saturated heterocycles. The minimum Gasteiger partial charge on any atom is -0.0843 e. The third-order valence-corrected chi connectivity index (χ3v) is 8.17. The SMILES string of the molecule is CCCCCCC[C@H]1CC[C@H]([C@H]2CC[C@H](CCc3ccc(Cl)cc3)CC2)CC1. The first-order valence-corrected chi connectivity index (χ1v) is 12.9. The van der Waals surface area contributed by atoms with Crippen LogP contribution >= 0.6 is 11.6 Å². The molecule has 2 aliphatic rings. The van der Waals surface area contributed by atoms with Gasteiger partial charge in [0.1, 0.15) is 0 Å². The van der Waals surface area contributed by atoms with E-state index in [0.29, 0.717) is 0 Å². The molecule has 1 heteroatoms. The van der Waals surface area contributed by atoms with E-state index >= 15 is 0 Å². The Balaban J connectivity index is 1.27. The molecule has 1 aromatic rings. The maximum Gasteiger partial charge on any atom is 0.0406 e. The lowest BCUT2D eigenvalue weighted by molar-refractivity contribution is 0.140. The fourth-order valence-corrected chi connectivity index (χ4v) is 6.08. The number of unbranched alkanes of at least 4 members (excludes halogenated alkanes) is 4. The average Bonchev–Trinajstić information content (AvgIpc) is 2.74. The summed E-state index contributed by atoms with van der Waals surface area (Å²) >= 11 is 6.00. The molecule has 0 amide bonds. The Hall–Kier alpha value is -0.490. The van der Waals surface area contributed by atoms with Crippen LogP contribution in [0.5, 0.6) is 0 Å². The molecule has 3 rings (SSSR count). The summed E-state index contributed by atoms with van der Waals surface area (Å²) < 4.78 is 0. The topological polar surface area (TPSA) is 0 Å². The Morgan fingerprint density at radius 1 is 0.679 bits per heavy atom. The Labute approximate surface area is 179 Å². The van der Waals surface area contributed by atoms with Gasteiger partial charge in [0.25, 0.3) is 0 Å². The van der Waals surface area contributed by atoms with Crippen LogP contribution in [0.2, 0.25) is 5.02 Å². The molecule has 0 N–H and O–H groups in total. The van der Waals surface area contributed by atoms with Crippen LogP contribution in [0.4, 0.5) is 0 Å². The Morgan fingerprint density at radius 3 is 1.79 bits per heavy atom. The van der Waals surface area contributed by atoms with Gasteiger partial charge in [-0.05, 0) is 79.9 Å². The van der Waals surface area contributed by atoms with Gasteiger partial charge in [0.15, 0.2) is 0 Å². The molecule has 2 saturated carbocycles. The van der Waals surface area contributed by atoms with E-state index < -0.39 is 0 Å². The Bertz CT molecular complexity index is 518. The standard InChI is InChI=1S/C27H43Cl/c1-2-3-4-5-6-7-22-10-16-25(17-11-22)26-18-12-23(13-19-26)8-9-24-14-20-27(28)21-15-24/h14-15,20-23,25-26H,2-13,16-19H2,1H3/t22-,23-,25-,26-. The van der Waals surface area contributed by atoms with Gasteiger partial charge in [-0.2, -0.15) is 0 Å². The molecular weight excluding hydrogens is 360 g/mol. The van der Waals surface area contributed by atoms with Crippen molar-refractivity contribution in [1.29, 1.82) is 0 Å². The molecule has 28 heavy (non-hydrogen) atoms. The quantitative estimate of drug-likeness (QED) is 0.342. The van der Waals surface area contributed by atoms with Gasteiger partial charge in [-0.25, -0.2) is 0 Å². The van der Waals surface area contributed by atoms with Crippen LogP contribution in [0.15, 0.2) is 24.3 Å². The predicted octanol–water partition coefficient (Wildman–Crippen LogP) is 9.25. The second-order valence-electron chi connectivity index (χ2n) is 9.93. The van der Waals surface area contributed by atoms with Crippen molar-refractivity contribution in [2.45, 2.75) is 110 Å². The summed E-state index contributed by atoms with van der Waals surface area (Å²) in [6.45, 7) is 2.31. The van der Waals surface area contributed by atoms with Crippen molar-refractivity contribution in [3.8, 4) is 0 Å². The smallest absolute Gasteiger partial charge is 0.0406 e. The van der Waals surface area contributed by atoms with E-state index in [9.17, 15) is 0 Å². The first kappa shape index (κ1) is 22.2.